The predicted octanol–water partition coefficient (Wildman–Crippen LogP) is 4.15. The molecule has 0 aromatic heterocycles. The molecule has 0 amide bonds. The number of ether oxygens (including phenoxy) is 1. The molecule has 2 aromatic rings. The Morgan fingerprint density at radius 3 is 2.77 bits per heavy atom. The zero-order chi connectivity index (χ0) is 15.9. The fraction of sp³-hybridized carbons (Fsp3) is 0.0625. The first-order valence-electron chi connectivity index (χ1n) is 6.32. The van der Waals surface area contributed by atoms with Crippen LogP contribution < -0.4 is 4.74 Å². The van der Waals surface area contributed by atoms with Crippen molar-refractivity contribution in [2.75, 3.05) is 0 Å². The van der Waals surface area contributed by atoms with Crippen LogP contribution in [0.1, 0.15) is 16.7 Å². The van der Waals surface area contributed by atoms with Crippen molar-refractivity contribution < 1.29 is 9.66 Å². The van der Waals surface area contributed by atoms with E-state index in [1.807, 2.05) is 12.1 Å². The molecule has 0 spiro atoms. The number of benzene rings is 2. The highest BCUT2D eigenvalue weighted by Crippen LogP contribution is 2.27. The average molecular weight is 359 g/mol. The topological polar surface area (TPSA) is 76.2 Å². The lowest BCUT2D eigenvalue weighted by Crippen LogP contribution is -1.98. The van der Waals surface area contributed by atoms with Crippen molar-refractivity contribution in [3.05, 3.63) is 79.9 Å². The van der Waals surface area contributed by atoms with Gasteiger partial charge in [0.25, 0.3) is 0 Å². The molecule has 0 radical (unpaired) electrons. The molecule has 0 heterocycles. The van der Waals surface area contributed by atoms with Gasteiger partial charge in [-0.05, 0) is 39.7 Å². The van der Waals surface area contributed by atoms with E-state index in [0.29, 0.717) is 21.3 Å². The highest BCUT2D eigenvalue weighted by Gasteiger charge is 2.05. The molecular weight excluding hydrogens is 348 g/mol. The minimum Gasteiger partial charge on any atom is -0.488 e. The molecular formula is C16H11BrN2O3. The number of halogens is 1. The molecule has 0 bridgehead atoms. The van der Waals surface area contributed by atoms with Crippen molar-refractivity contribution >= 4 is 22.0 Å². The fourth-order valence-corrected chi connectivity index (χ4v) is 2.31. The number of nitro groups is 1. The minimum absolute atomic E-state index is 0.270. The molecule has 2 rings (SSSR count). The molecule has 2 aromatic carbocycles. The van der Waals surface area contributed by atoms with E-state index in [0.717, 1.165) is 11.8 Å². The Kier molecular flexibility index (Phi) is 5.28. The van der Waals surface area contributed by atoms with Crippen LogP contribution in [0.5, 0.6) is 5.75 Å². The monoisotopic (exact) mass is 358 g/mol. The lowest BCUT2D eigenvalue weighted by atomic mass is 10.1. The second-order valence-electron chi connectivity index (χ2n) is 4.35. The van der Waals surface area contributed by atoms with E-state index in [-0.39, 0.29) is 6.61 Å². The Balaban J connectivity index is 2.11. The van der Waals surface area contributed by atoms with Crippen LogP contribution in [0, 0.1) is 21.4 Å². The molecule has 0 saturated heterocycles. The molecule has 0 unspecified atom stereocenters. The van der Waals surface area contributed by atoms with Crippen molar-refractivity contribution in [3.8, 4) is 11.8 Å². The van der Waals surface area contributed by atoms with Crippen LogP contribution in [-0.4, -0.2) is 4.92 Å². The third kappa shape index (κ3) is 4.17. The van der Waals surface area contributed by atoms with Gasteiger partial charge < -0.3 is 4.74 Å². The molecule has 0 atom stereocenters. The van der Waals surface area contributed by atoms with E-state index in [2.05, 4.69) is 22.0 Å². The Morgan fingerprint density at radius 1 is 1.32 bits per heavy atom. The van der Waals surface area contributed by atoms with E-state index in [4.69, 9.17) is 10.00 Å². The summed E-state index contributed by atoms with van der Waals surface area (Å²) in [4.78, 5) is 9.78. The van der Waals surface area contributed by atoms with Crippen molar-refractivity contribution in [3.63, 3.8) is 0 Å². The third-order valence-electron chi connectivity index (χ3n) is 2.87. The van der Waals surface area contributed by atoms with Crippen LogP contribution in [0.25, 0.3) is 6.08 Å². The summed E-state index contributed by atoms with van der Waals surface area (Å²) in [6.45, 7) is 0.270. The van der Waals surface area contributed by atoms with Crippen LogP contribution in [0.2, 0.25) is 0 Å². The van der Waals surface area contributed by atoms with Gasteiger partial charge in [0, 0.05) is 11.6 Å². The molecule has 0 aliphatic rings. The standard InChI is InChI=1S/C16H11BrN2O3/c17-15-9-12(7-8-19(20)21)5-6-16(15)22-11-14-4-2-1-3-13(14)10-18/h1-9H,11H2. The van der Waals surface area contributed by atoms with Crippen molar-refractivity contribution in [2.45, 2.75) is 6.61 Å². The molecule has 22 heavy (non-hydrogen) atoms. The quantitative estimate of drug-likeness (QED) is 0.594. The summed E-state index contributed by atoms with van der Waals surface area (Å²) in [6, 6.07) is 14.5. The number of hydrogen-bond donors (Lipinski definition) is 0. The zero-order valence-corrected chi connectivity index (χ0v) is 13.0. The van der Waals surface area contributed by atoms with Gasteiger partial charge in [0.05, 0.1) is 21.0 Å². The Morgan fingerprint density at radius 2 is 2.09 bits per heavy atom. The minimum atomic E-state index is -0.517. The Bertz CT molecular complexity index is 766. The SMILES string of the molecule is N#Cc1ccccc1COc1ccc(C=C[N+](=O)[O-])cc1Br. The first-order chi connectivity index (χ1) is 10.6. The maximum atomic E-state index is 10.3. The zero-order valence-electron chi connectivity index (χ0n) is 11.4. The van der Waals surface area contributed by atoms with E-state index in [9.17, 15) is 10.1 Å². The van der Waals surface area contributed by atoms with E-state index in [1.54, 1.807) is 30.3 Å². The number of nitriles is 1. The molecule has 110 valence electrons. The van der Waals surface area contributed by atoms with Gasteiger partial charge in [-0.2, -0.15) is 5.26 Å². The van der Waals surface area contributed by atoms with Gasteiger partial charge in [-0.15, -0.1) is 0 Å². The molecule has 5 nitrogen and oxygen atoms in total. The highest BCUT2D eigenvalue weighted by atomic mass is 79.9. The summed E-state index contributed by atoms with van der Waals surface area (Å²) < 4.78 is 6.38. The van der Waals surface area contributed by atoms with Crippen molar-refractivity contribution in [2.24, 2.45) is 0 Å². The first kappa shape index (κ1) is 15.7. The van der Waals surface area contributed by atoms with Gasteiger partial charge in [0.2, 0.25) is 6.20 Å². The maximum Gasteiger partial charge on any atom is 0.235 e. The van der Waals surface area contributed by atoms with Crippen LogP contribution in [0.3, 0.4) is 0 Å². The number of nitrogens with zero attached hydrogens (tertiary/aromatic N) is 2. The number of hydrogen-bond acceptors (Lipinski definition) is 4. The molecule has 0 aliphatic carbocycles. The maximum absolute atomic E-state index is 10.3. The van der Waals surface area contributed by atoms with E-state index >= 15 is 0 Å². The van der Waals surface area contributed by atoms with Crippen LogP contribution in [0.15, 0.2) is 53.1 Å². The van der Waals surface area contributed by atoms with E-state index < -0.39 is 4.92 Å². The average Bonchev–Trinajstić information content (AvgIpc) is 2.52. The van der Waals surface area contributed by atoms with Crippen molar-refractivity contribution in [1.29, 1.82) is 5.26 Å². The summed E-state index contributed by atoms with van der Waals surface area (Å²) in [7, 11) is 0. The smallest absolute Gasteiger partial charge is 0.235 e. The Labute approximate surface area is 135 Å². The first-order valence-corrected chi connectivity index (χ1v) is 7.11. The Hall–Kier alpha value is -2.65. The van der Waals surface area contributed by atoms with Gasteiger partial charge in [0.1, 0.15) is 12.4 Å². The van der Waals surface area contributed by atoms with Gasteiger partial charge in [-0.1, -0.05) is 24.3 Å². The lowest BCUT2D eigenvalue weighted by Gasteiger charge is -2.09. The highest BCUT2D eigenvalue weighted by molar-refractivity contribution is 9.10. The van der Waals surface area contributed by atoms with Gasteiger partial charge in [-0.25, -0.2) is 0 Å². The summed E-state index contributed by atoms with van der Waals surface area (Å²) in [5.74, 6) is 0.603. The molecule has 0 saturated carbocycles. The largest absolute Gasteiger partial charge is 0.488 e. The van der Waals surface area contributed by atoms with Crippen LogP contribution in [0.4, 0.5) is 0 Å². The van der Waals surface area contributed by atoms with Gasteiger partial charge >= 0.3 is 0 Å². The van der Waals surface area contributed by atoms with E-state index in [1.165, 1.54) is 6.08 Å². The predicted molar refractivity (Wildman–Crippen MR) is 85.7 cm³/mol. The van der Waals surface area contributed by atoms with Crippen LogP contribution in [-0.2, 0) is 6.61 Å². The summed E-state index contributed by atoms with van der Waals surface area (Å²) >= 11 is 3.37. The van der Waals surface area contributed by atoms with Crippen molar-refractivity contribution in [1.82, 2.24) is 0 Å². The molecule has 6 heteroatoms. The second kappa shape index (κ2) is 7.38. The second-order valence-corrected chi connectivity index (χ2v) is 5.20. The lowest BCUT2D eigenvalue weighted by molar-refractivity contribution is -0.400. The molecule has 0 N–H and O–H groups in total. The van der Waals surface area contributed by atoms with Gasteiger partial charge in [-0.3, -0.25) is 10.1 Å². The summed E-state index contributed by atoms with van der Waals surface area (Å²) in [5.41, 5.74) is 2.06. The molecule has 0 aliphatic heterocycles. The van der Waals surface area contributed by atoms with Crippen LogP contribution >= 0.6 is 15.9 Å². The fourth-order valence-electron chi connectivity index (χ4n) is 1.80. The normalized spacial score (nSPS) is 10.4. The van der Waals surface area contributed by atoms with Gasteiger partial charge in [0.15, 0.2) is 0 Å². The summed E-state index contributed by atoms with van der Waals surface area (Å²) in [5, 5.41) is 19.3. The third-order valence-corrected chi connectivity index (χ3v) is 3.49. The summed E-state index contributed by atoms with van der Waals surface area (Å²) in [6.07, 6.45) is 2.28. The number of rotatable bonds is 5. The molecule has 0 fully saturated rings.